The van der Waals surface area contributed by atoms with Crippen LogP contribution in [0.5, 0.6) is 0 Å². The predicted molar refractivity (Wildman–Crippen MR) is 90.5 cm³/mol. The van der Waals surface area contributed by atoms with Crippen molar-refractivity contribution in [2.45, 2.75) is 23.8 Å². The van der Waals surface area contributed by atoms with Crippen LogP contribution < -0.4 is 4.72 Å². The topological polar surface area (TPSA) is 106 Å². The summed E-state index contributed by atoms with van der Waals surface area (Å²) in [6, 6.07) is 8.64. The Balaban J connectivity index is 1.81. The second-order valence-electron chi connectivity index (χ2n) is 5.85. The summed E-state index contributed by atoms with van der Waals surface area (Å²) < 4.78 is 33.1. The highest BCUT2D eigenvalue weighted by molar-refractivity contribution is 7.89. The average molecular weight is 365 g/mol. The van der Waals surface area contributed by atoms with E-state index in [4.69, 9.17) is 4.42 Å². The number of hydrogen-bond donors (Lipinski definition) is 1. The molecule has 1 unspecified atom stereocenters. The van der Waals surface area contributed by atoms with Crippen molar-refractivity contribution < 1.29 is 17.8 Å². The Morgan fingerprint density at radius 3 is 2.56 bits per heavy atom. The van der Waals surface area contributed by atoms with Crippen molar-refractivity contribution in [1.82, 2.24) is 9.62 Å². The fraction of sp³-hybridized carbons (Fsp3) is 0.375. The third-order valence-corrected chi connectivity index (χ3v) is 5.74. The molecule has 8 nitrogen and oxygen atoms in total. The number of nitro benzene ring substituents is 1. The molecule has 2 aromatic rings. The summed E-state index contributed by atoms with van der Waals surface area (Å²) in [5, 5.41) is 11.1. The number of furan rings is 1. The molecule has 0 bridgehead atoms. The van der Waals surface area contributed by atoms with E-state index in [1.807, 2.05) is 6.07 Å². The van der Waals surface area contributed by atoms with Crippen molar-refractivity contribution >= 4 is 15.7 Å². The van der Waals surface area contributed by atoms with Gasteiger partial charge >= 0.3 is 0 Å². The molecule has 0 saturated carbocycles. The minimum absolute atomic E-state index is 0.0852. The van der Waals surface area contributed by atoms with Crippen molar-refractivity contribution in [2.24, 2.45) is 0 Å². The lowest BCUT2D eigenvalue weighted by molar-refractivity contribution is -0.387. The Hall–Kier alpha value is -2.23. The molecule has 1 N–H and O–H groups in total. The summed E-state index contributed by atoms with van der Waals surface area (Å²) >= 11 is 0. The number of nitrogens with one attached hydrogen (secondary N) is 1. The molecule has 0 aliphatic carbocycles. The lowest BCUT2D eigenvalue weighted by atomic mass is 10.2. The molecule has 0 amide bonds. The van der Waals surface area contributed by atoms with Crippen LogP contribution >= 0.6 is 0 Å². The monoisotopic (exact) mass is 365 g/mol. The van der Waals surface area contributed by atoms with E-state index in [0.29, 0.717) is 5.76 Å². The first-order chi connectivity index (χ1) is 12.0. The second kappa shape index (κ2) is 7.34. The molecule has 9 heteroatoms. The van der Waals surface area contributed by atoms with Crippen molar-refractivity contribution in [3.63, 3.8) is 0 Å². The van der Waals surface area contributed by atoms with Crippen molar-refractivity contribution in [2.75, 3.05) is 19.6 Å². The zero-order chi connectivity index (χ0) is 17.9. The van der Waals surface area contributed by atoms with Gasteiger partial charge in [0, 0.05) is 12.6 Å². The summed E-state index contributed by atoms with van der Waals surface area (Å²) in [5.74, 6) is 0.673. The van der Waals surface area contributed by atoms with Gasteiger partial charge in [-0.2, -0.15) is 0 Å². The molecule has 1 aliphatic heterocycles. The van der Waals surface area contributed by atoms with Gasteiger partial charge in [-0.05, 0) is 44.1 Å². The van der Waals surface area contributed by atoms with E-state index in [-0.39, 0.29) is 17.5 Å². The molecule has 0 spiro atoms. The number of para-hydroxylation sites is 1. The summed E-state index contributed by atoms with van der Waals surface area (Å²) in [5.41, 5.74) is -0.439. The van der Waals surface area contributed by atoms with E-state index in [1.165, 1.54) is 24.3 Å². The minimum Gasteiger partial charge on any atom is -0.468 e. The molecule has 1 atom stereocenters. The zero-order valence-electron chi connectivity index (χ0n) is 13.5. The van der Waals surface area contributed by atoms with E-state index in [2.05, 4.69) is 9.62 Å². The molecule has 1 fully saturated rings. The van der Waals surface area contributed by atoms with Gasteiger partial charge in [-0.3, -0.25) is 15.0 Å². The van der Waals surface area contributed by atoms with Crippen LogP contribution in [0.15, 0.2) is 52.0 Å². The summed E-state index contributed by atoms with van der Waals surface area (Å²) in [6.45, 7) is 1.80. The molecule has 0 radical (unpaired) electrons. The van der Waals surface area contributed by atoms with Gasteiger partial charge in [0.05, 0.1) is 17.2 Å². The Morgan fingerprint density at radius 1 is 1.20 bits per heavy atom. The van der Waals surface area contributed by atoms with Crippen LogP contribution in [0.1, 0.15) is 24.6 Å². The standard InChI is InChI=1S/C16H19N3O5S/c20-19(21)13-6-1-2-8-16(13)25(22,23)17-12-14(15-7-5-11-24-15)18-9-3-4-10-18/h1-2,5-8,11,14,17H,3-4,9-10,12H2. The van der Waals surface area contributed by atoms with Gasteiger partial charge in [0.2, 0.25) is 10.0 Å². The zero-order valence-corrected chi connectivity index (χ0v) is 14.3. The van der Waals surface area contributed by atoms with E-state index < -0.39 is 20.6 Å². The first-order valence-electron chi connectivity index (χ1n) is 7.99. The van der Waals surface area contributed by atoms with Crippen LogP contribution in [0.2, 0.25) is 0 Å². The lowest BCUT2D eigenvalue weighted by Crippen LogP contribution is -2.36. The molecule has 1 aromatic carbocycles. The van der Waals surface area contributed by atoms with E-state index >= 15 is 0 Å². The first kappa shape index (κ1) is 17.6. The number of hydrogen-bond acceptors (Lipinski definition) is 6. The highest BCUT2D eigenvalue weighted by atomic mass is 32.2. The van der Waals surface area contributed by atoms with Gasteiger partial charge in [0.25, 0.3) is 5.69 Å². The fourth-order valence-electron chi connectivity index (χ4n) is 3.05. The summed E-state index contributed by atoms with van der Waals surface area (Å²) in [7, 11) is -4.01. The van der Waals surface area contributed by atoms with Crippen LogP contribution in [-0.4, -0.2) is 37.9 Å². The highest BCUT2D eigenvalue weighted by Gasteiger charge is 2.30. The molecule has 25 heavy (non-hydrogen) atoms. The van der Waals surface area contributed by atoms with E-state index in [1.54, 1.807) is 12.3 Å². The van der Waals surface area contributed by atoms with Gasteiger partial charge in [-0.15, -0.1) is 0 Å². The molecule has 2 heterocycles. The Labute approximate surface area is 145 Å². The first-order valence-corrected chi connectivity index (χ1v) is 9.48. The number of nitrogens with zero attached hydrogens (tertiary/aromatic N) is 2. The second-order valence-corrected chi connectivity index (χ2v) is 7.59. The third kappa shape index (κ3) is 3.89. The summed E-state index contributed by atoms with van der Waals surface area (Å²) in [6.07, 6.45) is 3.65. The predicted octanol–water partition coefficient (Wildman–Crippen LogP) is 2.30. The third-order valence-electron chi connectivity index (χ3n) is 4.27. The van der Waals surface area contributed by atoms with Crippen LogP contribution in [0.4, 0.5) is 5.69 Å². The molecule has 1 aromatic heterocycles. The average Bonchev–Trinajstić information content (AvgIpc) is 3.29. The SMILES string of the molecule is O=[N+]([O-])c1ccccc1S(=O)(=O)NCC(c1ccco1)N1CCCC1. The Kier molecular flexibility index (Phi) is 5.16. The quantitative estimate of drug-likeness (QED) is 0.596. The van der Waals surface area contributed by atoms with Crippen LogP contribution in [-0.2, 0) is 10.0 Å². The lowest BCUT2D eigenvalue weighted by Gasteiger charge is -2.25. The van der Waals surface area contributed by atoms with Crippen LogP contribution in [0.3, 0.4) is 0 Å². The summed E-state index contributed by atoms with van der Waals surface area (Å²) in [4.78, 5) is 12.2. The van der Waals surface area contributed by atoms with Crippen molar-refractivity contribution in [3.8, 4) is 0 Å². The molecule has 3 rings (SSSR count). The highest BCUT2D eigenvalue weighted by Crippen LogP contribution is 2.27. The van der Waals surface area contributed by atoms with E-state index in [0.717, 1.165) is 25.9 Å². The molecule has 1 saturated heterocycles. The molecule has 134 valence electrons. The number of likely N-dealkylation sites (tertiary alicyclic amines) is 1. The normalized spacial score (nSPS) is 16.8. The van der Waals surface area contributed by atoms with Crippen LogP contribution in [0, 0.1) is 10.1 Å². The maximum atomic E-state index is 12.6. The van der Waals surface area contributed by atoms with Gasteiger partial charge in [0.1, 0.15) is 5.76 Å². The van der Waals surface area contributed by atoms with Crippen LogP contribution in [0.25, 0.3) is 0 Å². The minimum atomic E-state index is -4.01. The van der Waals surface area contributed by atoms with Gasteiger partial charge in [-0.1, -0.05) is 12.1 Å². The van der Waals surface area contributed by atoms with Gasteiger partial charge < -0.3 is 4.42 Å². The Morgan fingerprint density at radius 2 is 1.92 bits per heavy atom. The van der Waals surface area contributed by atoms with Gasteiger partial charge in [0.15, 0.2) is 4.90 Å². The van der Waals surface area contributed by atoms with Crippen molar-refractivity contribution in [3.05, 3.63) is 58.5 Å². The van der Waals surface area contributed by atoms with Crippen molar-refractivity contribution in [1.29, 1.82) is 0 Å². The smallest absolute Gasteiger partial charge is 0.289 e. The van der Waals surface area contributed by atoms with E-state index in [9.17, 15) is 18.5 Å². The fourth-order valence-corrected chi connectivity index (χ4v) is 4.25. The van der Waals surface area contributed by atoms with Gasteiger partial charge in [-0.25, -0.2) is 13.1 Å². The largest absolute Gasteiger partial charge is 0.468 e. The molecular weight excluding hydrogens is 346 g/mol. The number of nitro groups is 1. The number of rotatable bonds is 7. The maximum Gasteiger partial charge on any atom is 0.289 e. The molecule has 1 aliphatic rings. The maximum absolute atomic E-state index is 12.6. The number of sulfonamides is 1. The Bertz CT molecular complexity index is 829. The molecular formula is C16H19N3O5S. The number of benzene rings is 1.